The number of benzene rings is 1. The summed E-state index contributed by atoms with van der Waals surface area (Å²) < 4.78 is 1.66. The summed E-state index contributed by atoms with van der Waals surface area (Å²) in [4.78, 5) is 15.5. The van der Waals surface area contributed by atoms with E-state index in [2.05, 4.69) is 15.3 Å². The minimum Gasteiger partial charge on any atom is -0.476 e. The molecule has 1 aromatic carbocycles. The molecule has 1 aliphatic rings. The normalized spacial score (nSPS) is 14.5. The Morgan fingerprint density at radius 3 is 2.90 bits per heavy atom. The summed E-state index contributed by atoms with van der Waals surface area (Å²) in [5.41, 5.74) is 1.57. The molecule has 2 aromatic heterocycles. The van der Waals surface area contributed by atoms with Crippen molar-refractivity contribution in [1.29, 1.82) is 0 Å². The molecule has 0 atom stereocenters. The van der Waals surface area contributed by atoms with Gasteiger partial charge in [0, 0.05) is 23.7 Å². The van der Waals surface area contributed by atoms with E-state index in [1.807, 2.05) is 24.3 Å². The van der Waals surface area contributed by atoms with Crippen LogP contribution in [0.4, 0.5) is 0 Å². The molecule has 0 unspecified atom stereocenters. The van der Waals surface area contributed by atoms with E-state index in [-0.39, 0.29) is 11.6 Å². The van der Waals surface area contributed by atoms with Crippen molar-refractivity contribution in [2.45, 2.75) is 18.8 Å². The predicted octanol–water partition coefficient (Wildman–Crippen LogP) is 2.39. The topological polar surface area (TPSA) is 80.9 Å². The zero-order valence-corrected chi connectivity index (χ0v) is 11.1. The van der Waals surface area contributed by atoms with E-state index in [0.29, 0.717) is 5.69 Å². The predicted molar refractivity (Wildman–Crippen MR) is 75.6 cm³/mol. The van der Waals surface area contributed by atoms with Gasteiger partial charge in [0.1, 0.15) is 0 Å². The van der Waals surface area contributed by atoms with Crippen LogP contribution < -0.4 is 0 Å². The van der Waals surface area contributed by atoms with Gasteiger partial charge in [-0.05, 0) is 30.4 Å². The second-order valence-electron chi connectivity index (χ2n) is 5.19. The lowest BCUT2D eigenvalue weighted by molar-refractivity contribution is 0.0689. The summed E-state index contributed by atoms with van der Waals surface area (Å²) in [6, 6.07) is 7.75. The first kappa shape index (κ1) is 12.0. The van der Waals surface area contributed by atoms with Crippen molar-refractivity contribution in [3.05, 3.63) is 48.0 Å². The summed E-state index contributed by atoms with van der Waals surface area (Å²) in [5, 5.41) is 19.2. The van der Waals surface area contributed by atoms with Crippen LogP contribution in [0, 0.1) is 0 Å². The lowest BCUT2D eigenvalue weighted by Gasteiger charge is -2.09. The average molecular weight is 280 g/mol. The quantitative estimate of drug-likeness (QED) is 0.796. The number of hydrogen-bond acceptors (Lipinski definition) is 4. The van der Waals surface area contributed by atoms with Crippen LogP contribution in [0.1, 0.15) is 34.9 Å². The van der Waals surface area contributed by atoms with Crippen molar-refractivity contribution in [2.24, 2.45) is 0 Å². The number of hydrogen-bond donors (Lipinski definition) is 1. The van der Waals surface area contributed by atoms with Gasteiger partial charge in [0.05, 0.1) is 11.4 Å². The van der Waals surface area contributed by atoms with E-state index in [4.69, 9.17) is 0 Å². The molecule has 1 saturated carbocycles. The zero-order chi connectivity index (χ0) is 14.4. The Labute approximate surface area is 120 Å². The SMILES string of the molecule is O=C(O)c1nnn(-c2cccc3ccncc23)c1C1CC1. The number of carbonyl (C=O) groups is 1. The fraction of sp³-hybridized carbons (Fsp3) is 0.200. The van der Waals surface area contributed by atoms with Crippen molar-refractivity contribution in [2.75, 3.05) is 0 Å². The van der Waals surface area contributed by atoms with Gasteiger partial charge in [-0.25, -0.2) is 9.48 Å². The lowest BCUT2D eigenvalue weighted by atomic mass is 10.1. The van der Waals surface area contributed by atoms with Crippen LogP contribution in [-0.2, 0) is 0 Å². The highest BCUT2D eigenvalue weighted by Gasteiger charge is 2.34. The highest BCUT2D eigenvalue weighted by Crippen LogP contribution is 2.42. The molecule has 2 heterocycles. The molecule has 0 aliphatic heterocycles. The Kier molecular flexibility index (Phi) is 2.50. The Morgan fingerprint density at radius 2 is 2.14 bits per heavy atom. The largest absolute Gasteiger partial charge is 0.476 e. The van der Waals surface area contributed by atoms with Crippen molar-refractivity contribution < 1.29 is 9.90 Å². The molecule has 6 nitrogen and oxygen atoms in total. The minimum atomic E-state index is -1.03. The fourth-order valence-electron chi connectivity index (χ4n) is 2.62. The summed E-state index contributed by atoms with van der Waals surface area (Å²) in [6.45, 7) is 0. The molecule has 1 N–H and O–H groups in total. The number of aromatic carboxylic acids is 1. The standard InChI is InChI=1S/C15H12N4O2/c20-15(21)13-14(10-4-5-10)19(18-17-13)12-3-1-2-9-6-7-16-8-11(9)12/h1-3,6-8,10H,4-5H2,(H,20,21). The average Bonchev–Trinajstić information content (AvgIpc) is 3.25. The summed E-state index contributed by atoms with van der Waals surface area (Å²) in [7, 11) is 0. The number of pyridine rings is 1. The lowest BCUT2D eigenvalue weighted by Crippen LogP contribution is -2.06. The summed E-state index contributed by atoms with van der Waals surface area (Å²) >= 11 is 0. The molecule has 6 heteroatoms. The number of nitrogens with zero attached hydrogens (tertiary/aromatic N) is 4. The van der Waals surface area contributed by atoms with E-state index >= 15 is 0 Å². The van der Waals surface area contributed by atoms with Gasteiger partial charge in [-0.1, -0.05) is 17.3 Å². The molecular weight excluding hydrogens is 268 g/mol. The van der Waals surface area contributed by atoms with Crippen LogP contribution in [0.15, 0.2) is 36.7 Å². The second-order valence-corrected chi connectivity index (χ2v) is 5.19. The Morgan fingerprint density at radius 1 is 1.29 bits per heavy atom. The molecule has 1 fully saturated rings. The Bertz CT molecular complexity index is 847. The summed E-state index contributed by atoms with van der Waals surface area (Å²) in [6.07, 6.45) is 5.47. The van der Waals surface area contributed by atoms with Crippen molar-refractivity contribution >= 4 is 16.7 Å². The molecular formula is C15H12N4O2. The number of fused-ring (bicyclic) bond motifs is 1. The molecule has 0 bridgehead atoms. The molecule has 0 amide bonds. The number of carboxylic acid groups (broad SMARTS) is 1. The first-order valence-electron chi connectivity index (χ1n) is 6.77. The maximum atomic E-state index is 11.3. The summed E-state index contributed by atoms with van der Waals surface area (Å²) in [5.74, 6) is -0.792. The minimum absolute atomic E-state index is 0.0541. The van der Waals surface area contributed by atoms with Gasteiger partial charge in [-0.3, -0.25) is 4.98 Å². The van der Waals surface area contributed by atoms with Gasteiger partial charge in [0.25, 0.3) is 0 Å². The Hall–Kier alpha value is -2.76. The molecule has 0 radical (unpaired) electrons. The molecule has 0 saturated heterocycles. The fourth-order valence-corrected chi connectivity index (χ4v) is 2.62. The molecule has 1 aliphatic carbocycles. The van der Waals surface area contributed by atoms with Gasteiger partial charge in [0.2, 0.25) is 0 Å². The molecule has 3 aromatic rings. The third kappa shape index (κ3) is 1.87. The van der Waals surface area contributed by atoms with Crippen LogP contribution in [0.25, 0.3) is 16.5 Å². The highest BCUT2D eigenvalue weighted by atomic mass is 16.4. The first-order chi connectivity index (χ1) is 10.3. The maximum absolute atomic E-state index is 11.3. The monoisotopic (exact) mass is 280 g/mol. The molecule has 0 spiro atoms. The van der Waals surface area contributed by atoms with E-state index in [9.17, 15) is 9.90 Å². The van der Waals surface area contributed by atoms with E-state index in [1.165, 1.54) is 0 Å². The zero-order valence-electron chi connectivity index (χ0n) is 11.1. The van der Waals surface area contributed by atoms with Gasteiger partial charge in [-0.15, -0.1) is 5.10 Å². The van der Waals surface area contributed by atoms with E-state index in [1.54, 1.807) is 17.1 Å². The van der Waals surface area contributed by atoms with Gasteiger partial charge in [0.15, 0.2) is 5.69 Å². The van der Waals surface area contributed by atoms with Crippen molar-refractivity contribution in [3.63, 3.8) is 0 Å². The third-order valence-corrected chi connectivity index (χ3v) is 3.76. The molecule has 4 rings (SSSR count). The van der Waals surface area contributed by atoms with Crippen molar-refractivity contribution in [1.82, 2.24) is 20.0 Å². The van der Waals surface area contributed by atoms with Crippen LogP contribution in [0.2, 0.25) is 0 Å². The molecule has 104 valence electrons. The van der Waals surface area contributed by atoms with E-state index < -0.39 is 5.97 Å². The van der Waals surface area contributed by atoms with Crippen LogP contribution >= 0.6 is 0 Å². The van der Waals surface area contributed by atoms with Gasteiger partial charge in [-0.2, -0.15) is 0 Å². The van der Waals surface area contributed by atoms with Crippen LogP contribution in [-0.4, -0.2) is 31.1 Å². The van der Waals surface area contributed by atoms with E-state index in [0.717, 1.165) is 29.3 Å². The number of carboxylic acids is 1. The highest BCUT2D eigenvalue weighted by molar-refractivity contribution is 5.90. The smallest absolute Gasteiger partial charge is 0.358 e. The van der Waals surface area contributed by atoms with Gasteiger partial charge >= 0.3 is 5.97 Å². The number of rotatable bonds is 3. The maximum Gasteiger partial charge on any atom is 0.358 e. The van der Waals surface area contributed by atoms with Crippen molar-refractivity contribution in [3.8, 4) is 5.69 Å². The Balaban J connectivity index is 1.99. The first-order valence-corrected chi connectivity index (χ1v) is 6.77. The second kappa shape index (κ2) is 4.37. The van der Waals surface area contributed by atoms with Crippen LogP contribution in [0.3, 0.4) is 0 Å². The van der Waals surface area contributed by atoms with Gasteiger partial charge < -0.3 is 5.11 Å². The molecule has 21 heavy (non-hydrogen) atoms. The van der Waals surface area contributed by atoms with Crippen LogP contribution in [0.5, 0.6) is 0 Å². The number of aromatic nitrogens is 4. The third-order valence-electron chi connectivity index (χ3n) is 3.76.